The lowest BCUT2D eigenvalue weighted by Gasteiger charge is -1.98. The van der Waals surface area contributed by atoms with Gasteiger partial charge in [0.2, 0.25) is 0 Å². The van der Waals surface area contributed by atoms with Crippen molar-refractivity contribution in [3.05, 3.63) is 17.5 Å². The molecule has 4 heteroatoms. The normalized spacial score (nSPS) is 10.5. The average molecular weight is 170 g/mol. The van der Waals surface area contributed by atoms with Crippen LogP contribution in [0.3, 0.4) is 0 Å². The van der Waals surface area contributed by atoms with Gasteiger partial charge in [-0.25, -0.2) is 0 Å². The second-order valence-electron chi connectivity index (χ2n) is 2.69. The Morgan fingerprint density at radius 2 is 2.50 bits per heavy atom. The Balaban J connectivity index is 2.15. The minimum absolute atomic E-state index is 0.225. The van der Waals surface area contributed by atoms with Crippen LogP contribution < -0.4 is 5.32 Å². The molecule has 0 fully saturated rings. The molecule has 4 nitrogen and oxygen atoms in total. The Morgan fingerprint density at radius 1 is 1.67 bits per heavy atom. The van der Waals surface area contributed by atoms with Crippen LogP contribution in [0.1, 0.15) is 17.9 Å². The standard InChI is InChI=1S/C8H14N2O2/c1-7-5-8(12-10-7)6-9-3-2-4-11/h5,9,11H,2-4,6H2,1H3. The van der Waals surface area contributed by atoms with Crippen LogP contribution in [0.4, 0.5) is 0 Å². The highest BCUT2D eigenvalue weighted by molar-refractivity contribution is 5.02. The first-order chi connectivity index (χ1) is 5.83. The first-order valence-corrected chi connectivity index (χ1v) is 4.06. The molecule has 1 aromatic heterocycles. The van der Waals surface area contributed by atoms with E-state index in [4.69, 9.17) is 9.63 Å². The molecule has 1 aromatic rings. The minimum Gasteiger partial charge on any atom is -0.396 e. The van der Waals surface area contributed by atoms with E-state index in [1.165, 1.54) is 0 Å². The van der Waals surface area contributed by atoms with E-state index >= 15 is 0 Å². The molecule has 68 valence electrons. The molecular weight excluding hydrogens is 156 g/mol. The average Bonchev–Trinajstić information content (AvgIpc) is 2.45. The van der Waals surface area contributed by atoms with E-state index in [-0.39, 0.29) is 6.61 Å². The maximum absolute atomic E-state index is 8.49. The SMILES string of the molecule is Cc1cc(CNCCCO)on1. The lowest BCUT2D eigenvalue weighted by Crippen LogP contribution is -2.15. The van der Waals surface area contributed by atoms with Gasteiger partial charge in [0, 0.05) is 12.7 Å². The van der Waals surface area contributed by atoms with E-state index in [1.807, 2.05) is 13.0 Å². The van der Waals surface area contributed by atoms with E-state index in [0.29, 0.717) is 6.54 Å². The van der Waals surface area contributed by atoms with Gasteiger partial charge >= 0.3 is 0 Å². The lowest BCUT2D eigenvalue weighted by atomic mass is 10.4. The van der Waals surface area contributed by atoms with Crippen molar-refractivity contribution >= 4 is 0 Å². The molecule has 0 radical (unpaired) electrons. The Morgan fingerprint density at radius 3 is 3.08 bits per heavy atom. The number of aliphatic hydroxyl groups excluding tert-OH is 1. The van der Waals surface area contributed by atoms with Crippen LogP contribution in [0, 0.1) is 6.92 Å². The van der Waals surface area contributed by atoms with E-state index in [2.05, 4.69) is 10.5 Å². The predicted molar refractivity (Wildman–Crippen MR) is 44.6 cm³/mol. The van der Waals surface area contributed by atoms with Gasteiger partial charge in [-0.1, -0.05) is 5.16 Å². The summed E-state index contributed by atoms with van der Waals surface area (Å²) in [6, 6.07) is 1.89. The topological polar surface area (TPSA) is 58.3 Å². The summed E-state index contributed by atoms with van der Waals surface area (Å²) in [4.78, 5) is 0. The van der Waals surface area contributed by atoms with Gasteiger partial charge in [-0.15, -0.1) is 0 Å². The van der Waals surface area contributed by atoms with Gasteiger partial charge in [0.15, 0.2) is 5.76 Å². The third-order valence-corrected chi connectivity index (χ3v) is 1.49. The number of aromatic nitrogens is 1. The molecule has 2 N–H and O–H groups in total. The summed E-state index contributed by atoms with van der Waals surface area (Å²) in [6.07, 6.45) is 0.771. The van der Waals surface area contributed by atoms with Crippen molar-refractivity contribution in [2.45, 2.75) is 19.9 Å². The number of aliphatic hydroxyl groups is 1. The van der Waals surface area contributed by atoms with Crippen LogP contribution in [0.15, 0.2) is 10.6 Å². The minimum atomic E-state index is 0.225. The Labute approximate surface area is 71.6 Å². The van der Waals surface area contributed by atoms with E-state index in [0.717, 1.165) is 24.4 Å². The van der Waals surface area contributed by atoms with Crippen molar-refractivity contribution in [1.29, 1.82) is 0 Å². The summed E-state index contributed by atoms with van der Waals surface area (Å²) in [5, 5.41) is 15.4. The van der Waals surface area contributed by atoms with Crippen molar-refractivity contribution in [2.75, 3.05) is 13.2 Å². The maximum atomic E-state index is 8.49. The first-order valence-electron chi connectivity index (χ1n) is 4.06. The van der Waals surface area contributed by atoms with E-state index in [1.54, 1.807) is 0 Å². The Hall–Kier alpha value is -0.870. The molecule has 0 aromatic carbocycles. The zero-order chi connectivity index (χ0) is 8.81. The number of hydrogen-bond donors (Lipinski definition) is 2. The largest absolute Gasteiger partial charge is 0.396 e. The molecule has 0 aliphatic heterocycles. The second kappa shape index (κ2) is 4.90. The second-order valence-corrected chi connectivity index (χ2v) is 2.69. The van der Waals surface area contributed by atoms with Crippen LogP contribution >= 0.6 is 0 Å². The summed E-state index contributed by atoms with van der Waals surface area (Å²) >= 11 is 0. The van der Waals surface area contributed by atoms with E-state index in [9.17, 15) is 0 Å². The molecule has 0 unspecified atom stereocenters. The molecule has 0 amide bonds. The fourth-order valence-corrected chi connectivity index (χ4v) is 0.915. The van der Waals surface area contributed by atoms with Crippen molar-refractivity contribution in [1.82, 2.24) is 10.5 Å². The zero-order valence-corrected chi connectivity index (χ0v) is 7.21. The van der Waals surface area contributed by atoms with Gasteiger partial charge in [0.1, 0.15) is 0 Å². The number of rotatable bonds is 5. The van der Waals surface area contributed by atoms with Gasteiger partial charge in [-0.2, -0.15) is 0 Å². The lowest BCUT2D eigenvalue weighted by molar-refractivity contribution is 0.284. The van der Waals surface area contributed by atoms with Crippen molar-refractivity contribution in [3.8, 4) is 0 Å². The maximum Gasteiger partial charge on any atom is 0.150 e. The molecule has 1 rings (SSSR count). The fourth-order valence-electron chi connectivity index (χ4n) is 0.915. The van der Waals surface area contributed by atoms with E-state index < -0.39 is 0 Å². The molecule has 0 bridgehead atoms. The van der Waals surface area contributed by atoms with Gasteiger partial charge < -0.3 is 14.9 Å². The predicted octanol–water partition coefficient (Wildman–Crippen LogP) is 0.455. The quantitative estimate of drug-likeness (QED) is 0.630. The fraction of sp³-hybridized carbons (Fsp3) is 0.625. The van der Waals surface area contributed by atoms with Crippen LogP contribution in [0.5, 0.6) is 0 Å². The summed E-state index contributed by atoms with van der Waals surface area (Å²) in [6.45, 7) is 3.60. The molecule has 0 saturated carbocycles. The van der Waals surface area contributed by atoms with Crippen LogP contribution in [0.2, 0.25) is 0 Å². The van der Waals surface area contributed by atoms with Crippen LogP contribution in [0.25, 0.3) is 0 Å². The summed E-state index contributed by atoms with van der Waals surface area (Å²) < 4.78 is 4.97. The smallest absolute Gasteiger partial charge is 0.150 e. The van der Waals surface area contributed by atoms with Crippen LogP contribution in [-0.2, 0) is 6.54 Å². The molecule has 0 aliphatic carbocycles. The third-order valence-electron chi connectivity index (χ3n) is 1.49. The van der Waals surface area contributed by atoms with Crippen molar-refractivity contribution in [2.24, 2.45) is 0 Å². The first kappa shape index (κ1) is 9.22. The zero-order valence-electron chi connectivity index (χ0n) is 7.21. The van der Waals surface area contributed by atoms with Gasteiger partial charge in [-0.3, -0.25) is 0 Å². The molecule has 0 atom stereocenters. The molecule has 12 heavy (non-hydrogen) atoms. The third kappa shape index (κ3) is 3.02. The molecular formula is C8H14N2O2. The Kier molecular flexibility index (Phi) is 3.76. The molecule has 0 saturated heterocycles. The van der Waals surface area contributed by atoms with Gasteiger partial charge in [0.05, 0.1) is 12.2 Å². The summed E-state index contributed by atoms with van der Waals surface area (Å²) in [5.41, 5.74) is 0.897. The molecule has 0 aliphatic rings. The molecule has 0 spiro atoms. The number of hydrogen-bond acceptors (Lipinski definition) is 4. The highest BCUT2D eigenvalue weighted by Gasteiger charge is 1.98. The monoisotopic (exact) mass is 170 g/mol. The number of nitrogens with one attached hydrogen (secondary N) is 1. The summed E-state index contributed by atoms with van der Waals surface area (Å²) in [7, 11) is 0. The highest BCUT2D eigenvalue weighted by atomic mass is 16.5. The molecule has 1 heterocycles. The van der Waals surface area contributed by atoms with Crippen molar-refractivity contribution < 1.29 is 9.63 Å². The van der Waals surface area contributed by atoms with Crippen LogP contribution in [-0.4, -0.2) is 23.4 Å². The van der Waals surface area contributed by atoms with Gasteiger partial charge in [0.25, 0.3) is 0 Å². The summed E-state index contributed by atoms with van der Waals surface area (Å²) in [5.74, 6) is 0.838. The van der Waals surface area contributed by atoms with Crippen molar-refractivity contribution in [3.63, 3.8) is 0 Å². The number of aryl methyl sites for hydroxylation is 1. The van der Waals surface area contributed by atoms with Gasteiger partial charge in [-0.05, 0) is 19.9 Å². The number of nitrogens with zero attached hydrogens (tertiary/aromatic N) is 1. The highest BCUT2D eigenvalue weighted by Crippen LogP contribution is 2.00. The Bertz CT molecular complexity index is 223.